The Morgan fingerprint density at radius 3 is 3.00 bits per heavy atom. The van der Waals surface area contributed by atoms with Gasteiger partial charge in [0.2, 0.25) is 0 Å². The second-order valence-corrected chi connectivity index (χ2v) is 1.17. The first-order valence-electron chi connectivity index (χ1n) is 2.04. The van der Waals surface area contributed by atoms with E-state index in [0.717, 1.165) is 0 Å². The third kappa shape index (κ3) is 1.37. The SMILES string of the molecule is NC(=O)[N]c1nnn[nH]1. The fourth-order valence-corrected chi connectivity index (χ4v) is 0.306. The Morgan fingerprint density at radius 2 is 2.56 bits per heavy atom. The number of nitrogens with zero attached hydrogens (tertiary/aromatic N) is 4. The van der Waals surface area contributed by atoms with E-state index in [1.54, 1.807) is 0 Å². The van der Waals surface area contributed by atoms with Gasteiger partial charge in [-0.25, -0.2) is 9.89 Å². The summed E-state index contributed by atoms with van der Waals surface area (Å²) >= 11 is 0. The number of hydrogen-bond acceptors (Lipinski definition) is 4. The quantitative estimate of drug-likeness (QED) is 0.478. The van der Waals surface area contributed by atoms with Crippen molar-refractivity contribution in [2.75, 3.05) is 0 Å². The molecule has 9 heavy (non-hydrogen) atoms. The average Bonchev–Trinajstić information content (AvgIpc) is 2.15. The summed E-state index contributed by atoms with van der Waals surface area (Å²) < 4.78 is 0. The van der Waals surface area contributed by atoms with E-state index in [9.17, 15) is 4.79 Å². The predicted octanol–water partition coefficient (Wildman–Crippen LogP) is -1.49. The van der Waals surface area contributed by atoms with Gasteiger partial charge in [0.1, 0.15) is 0 Å². The molecular weight excluding hydrogens is 124 g/mol. The van der Waals surface area contributed by atoms with Crippen molar-refractivity contribution in [3.8, 4) is 0 Å². The summed E-state index contributed by atoms with van der Waals surface area (Å²) in [5.41, 5.74) is 4.66. The summed E-state index contributed by atoms with van der Waals surface area (Å²) in [6.45, 7) is 0. The maximum atomic E-state index is 10.0. The van der Waals surface area contributed by atoms with Gasteiger partial charge >= 0.3 is 6.03 Å². The number of carbonyl (C=O) groups excluding carboxylic acids is 1. The van der Waals surface area contributed by atoms with Crippen LogP contribution >= 0.6 is 0 Å². The molecule has 3 N–H and O–H groups in total. The van der Waals surface area contributed by atoms with E-state index < -0.39 is 6.03 Å². The molecule has 0 bridgehead atoms. The van der Waals surface area contributed by atoms with E-state index >= 15 is 0 Å². The molecule has 47 valence electrons. The van der Waals surface area contributed by atoms with Crippen LogP contribution in [0.3, 0.4) is 0 Å². The maximum Gasteiger partial charge on any atom is 0.341 e. The number of urea groups is 1. The number of amides is 2. The second-order valence-electron chi connectivity index (χ2n) is 1.17. The van der Waals surface area contributed by atoms with Gasteiger partial charge in [-0.3, -0.25) is 0 Å². The highest BCUT2D eigenvalue weighted by atomic mass is 16.2. The number of hydrogen-bond donors (Lipinski definition) is 2. The number of aromatic amines is 1. The maximum absolute atomic E-state index is 10.0. The number of primary amides is 1. The molecule has 2 amide bonds. The van der Waals surface area contributed by atoms with Crippen molar-refractivity contribution in [3.63, 3.8) is 0 Å². The van der Waals surface area contributed by atoms with Crippen molar-refractivity contribution in [3.05, 3.63) is 0 Å². The molecule has 0 saturated carbocycles. The summed E-state index contributed by atoms with van der Waals surface area (Å²) in [6, 6.07) is -0.825. The minimum absolute atomic E-state index is 0.0162. The molecule has 1 aromatic heterocycles. The lowest BCUT2D eigenvalue weighted by atomic mass is 10.9. The molecule has 0 aliphatic heterocycles. The van der Waals surface area contributed by atoms with Gasteiger partial charge in [0.05, 0.1) is 0 Å². The highest BCUT2D eigenvalue weighted by Gasteiger charge is 1.99. The normalized spacial score (nSPS) is 8.89. The van der Waals surface area contributed by atoms with Crippen molar-refractivity contribution < 1.29 is 4.79 Å². The molecule has 7 nitrogen and oxygen atoms in total. The van der Waals surface area contributed by atoms with Gasteiger partial charge in [0.15, 0.2) is 0 Å². The fourth-order valence-electron chi connectivity index (χ4n) is 0.306. The van der Waals surface area contributed by atoms with Crippen molar-refractivity contribution in [2.45, 2.75) is 0 Å². The molecular formula is C2H3N6O. The summed E-state index contributed by atoms with van der Waals surface area (Å²) in [4.78, 5) is 10.0. The molecule has 0 aromatic carbocycles. The van der Waals surface area contributed by atoms with Crippen LogP contribution in [0.1, 0.15) is 0 Å². The molecule has 7 heteroatoms. The zero-order valence-corrected chi connectivity index (χ0v) is 4.27. The topological polar surface area (TPSA) is 112 Å². The standard InChI is InChI=1S/C2H3N6O/c3-1(9)4-2-5-7-8-6-2/h(H2,3,9)(H,5,6,7,8). The van der Waals surface area contributed by atoms with Gasteiger partial charge < -0.3 is 5.73 Å². The molecule has 0 spiro atoms. The molecule has 1 heterocycles. The molecule has 0 fully saturated rings. The Morgan fingerprint density at radius 1 is 1.78 bits per heavy atom. The highest BCUT2D eigenvalue weighted by molar-refractivity contribution is 5.74. The third-order valence-electron chi connectivity index (χ3n) is 0.550. The monoisotopic (exact) mass is 127 g/mol. The van der Waals surface area contributed by atoms with Gasteiger partial charge in [-0.15, -0.1) is 0 Å². The first kappa shape index (κ1) is 5.48. The molecule has 0 atom stereocenters. The van der Waals surface area contributed by atoms with Gasteiger partial charge in [-0.1, -0.05) is 5.10 Å². The summed E-state index contributed by atoms with van der Waals surface area (Å²) in [6.07, 6.45) is 0. The first-order chi connectivity index (χ1) is 4.29. The van der Waals surface area contributed by atoms with E-state index in [2.05, 4.69) is 31.7 Å². The van der Waals surface area contributed by atoms with Crippen LogP contribution in [0.25, 0.3) is 0 Å². The van der Waals surface area contributed by atoms with Gasteiger partial charge in [0, 0.05) is 0 Å². The Balaban J connectivity index is 2.58. The third-order valence-corrected chi connectivity index (χ3v) is 0.550. The van der Waals surface area contributed by atoms with Gasteiger partial charge in [0.25, 0.3) is 5.95 Å². The number of carbonyl (C=O) groups is 1. The minimum atomic E-state index is -0.825. The van der Waals surface area contributed by atoms with Crippen LogP contribution in [-0.4, -0.2) is 26.7 Å². The summed E-state index contributed by atoms with van der Waals surface area (Å²) in [5, 5.41) is 15.0. The highest BCUT2D eigenvalue weighted by Crippen LogP contribution is 1.86. The minimum Gasteiger partial charge on any atom is -0.350 e. The van der Waals surface area contributed by atoms with E-state index in [-0.39, 0.29) is 5.95 Å². The predicted molar refractivity (Wildman–Crippen MR) is 25.6 cm³/mol. The van der Waals surface area contributed by atoms with Crippen LogP contribution < -0.4 is 11.1 Å². The van der Waals surface area contributed by atoms with E-state index in [1.807, 2.05) is 0 Å². The second kappa shape index (κ2) is 2.07. The lowest BCUT2D eigenvalue weighted by Gasteiger charge is -1.84. The first-order valence-corrected chi connectivity index (χ1v) is 2.04. The molecule has 1 aromatic rings. The zero-order chi connectivity index (χ0) is 6.69. The number of H-pyrrole nitrogens is 1. The van der Waals surface area contributed by atoms with Crippen LogP contribution in [0.2, 0.25) is 0 Å². The van der Waals surface area contributed by atoms with Crippen LogP contribution in [0.4, 0.5) is 10.7 Å². The van der Waals surface area contributed by atoms with Crippen molar-refractivity contribution in [1.29, 1.82) is 0 Å². The zero-order valence-electron chi connectivity index (χ0n) is 4.27. The number of nitrogens with two attached hydrogens (primary N) is 1. The van der Waals surface area contributed by atoms with Crippen LogP contribution in [-0.2, 0) is 0 Å². The molecule has 1 rings (SSSR count). The van der Waals surface area contributed by atoms with E-state index in [0.29, 0.717) is 0 Å². The van der Waals surface area contributed by atoms with Gasteiger partial charge in [-0.05, 0) is 10.4 Å². The van der Waals surface area contributed by atoms with E-state index in [1.165, 1.54) is 0 Å². The van der Waals surface area contributed by atoms with Crippen molar-refractivity contribution >= 4 is 12.0 Å². The lowest BCUT2D eigenvalue weighted by molar-refractivity contribution is 0.251. The molecule has 0 saturated heterocycles. The number of tetrazole rings is 1. The number of rotatable bonds is 1. The fraction of sp³-hybridized carbons (Fsp3) is 0. The Kier molecular flexibility index (Phi) is 1.26. The Labute approximate surface area is 49.6 Å². The largest absolute Gasteiger partial charge is 0.350 e. The van der Waals surface area contributed by atoms with E-state index in [4.69, 9.17) is 0 Å². The van der Waals surface area contributed by atoms with Gasteiger partial charge in [-0.2, -0.15) is 5.32 Å². The summed E-state index contributed by atoms with van der Waals surface area (Å²) in [5.74, 6) is 0.0162. The lowest BCUT2D eigenvalue weighted by Crippen LogP contribution is -2.19. The smallest absolute Gasteiger partial charge is 0.341 e. The van der Waals surface area contributed by atoms with Crippen LogP contribution in [0.5, 0.6) is 0 Å². The molecule has 0 aliphatic carbocycles. The summed E-state index contributed by atoms with van der Waals surface area (Å²) in [7, 11) is 0. The van der Waals surface area contributed by atoms with Crippen LogP contribution in [0, 0.1) is 0 Å². The molecule has 0 aliphatic rings. The molecule has 0 unspecified atom stereocenters. The van der Waals surface area contributed by atoms with Crippen molar-refractivity contribution in [1.82, 2.24) is 25.9 Å². The molecule has 1 radical (unpaired) electrons. The Hall–Kier alpha value is -1.66. The number of aromatic nitrogens is 4. The van der Waals surface area contributed by atoms with Crippen LogP contribution in [0.15, 0.2) is 0 Å². The Bertz CT molecular complexity index is 191. The number of nitrogens with one attached hydrogen (secondary N) is 1. The van der Waals surface area contributed by atoms with Crippen molar-refractivity contribution in [2.24, 2.45) is 5.73 Å². The average molecular weight is 127 g/mol.